The van der Waals surface area contributed by atoms with Gasteiger partial charge in [-0.3, -0.25) is 9.59 Å². The maximum absolute atomic E-state index is 12.8. The Hall–Kier alpha value is -2.27. The summed E-state index contributed by atoms with van der Waals surface area (Å²) in [4.78, 5) is 25.5. The van der Waals surface area contributed by atoms with E-state index in [1.54, 1.807) is 42.5 Å². The largest absolute Gasteiger partial charge is 0.289 e. The molecule has 1 fully saturated rings. The van der Waals surface area contributed by atoms with E-state index in [2.05, 4.69) is 4.36 Å². The van der Waals surface area contributed by atoms with Crippen molar-refractivity contribution in [1.82, 2.24) is 0 Å². The van der Waals surface area contributed by atoms with Crippen molar-refractivity contribution < 1.29 is 13.8 Å². The Bertz CT molecular complexity index is 956. The van der Waals surface area contributed by atoms with Gasteiger partial charge in [0.15, 0.2) is 11.6 Å². The van der Waals surface area contributed by atoms with E-state index in [0.29, 0.717) is 39.4 Å². The second-order valence-corrected chi connectivity index (χ2v) is 8.43. The predicted molar refractivity (Wildman–Crippen MR) is 88.9 cm³/mol. The zero-order valence-electron chi connectivity index (χ0n) is 12.5. The Labute approximate surface area is 134 Å². The van der Waals surface area contributed by atoms with Crippen molar-refractivity contribution >= 4 is 27.0 Å². The van der Waals surface area contributed by atoms with Crippen LogP contribution in [0.1, 0.15) is 44.7 Å². The molecule has 0 aromatic heterocycles. The lowest BCUT2D eigenvalue weighted by Crippen LogP contribution is -2.21. The van der Waals surface area contributed by atoms with Crippen molar-refractivity contribution in [3.63, 3.8) is 0 Å². The van der Waals surface area contributed by atoms with Gasteiger partial charge in [0, 0.05) is 28.2 Å². The fourth-order valence-corrected chi connectivity index (χ4v) is 5.44. The van der Waals surface area contributed by atoms with E-state index in [4.69, 9.17) is 0 Å². The van der Waals surface area contributed by atoms with Crippen LogP contribution in [0.4, 0.5) is 5.69 Å². The number of nitrogens with zero attached hydrogens (tertiary/aromatic N) is 1. The molecule has 23 heavy (non-hydrogen) atoms. The van der Waals surface area contributed by atoms with Crippen LogP contribution in [0.15, 0.2) is 46.8 Å². The number of fused-ring (bicyclic) bond motifs is 2. The van der Waals surface area contributed by atoms with Gasteiger partial charge in [0.1, 0.15) is 0 Å². The van der Waals surface area contributed by atoms with E-state index in [1.807, 2.05) is 0 Å². The molecule has 4 rings (SSSR count). The first-order valence-electron chi connectivity index (χ1n) is 7.63. The summed E-state index contributed by atoms with van der Waals surface area (Å²) in [5.74, 6) is 0.745. The van der Waals surface area contributed by atoms with Crippen molar-refractivity contribution in [2.24, 2.45) is 4.36 Å². The van der Waals surface area contributed by atoms with Crippen LogP contribution in [0.3, 0.4) is 0 Å². The van der Waals surface area contributed by atoms with Crippen LogP contribution >= 0.6 is 0 Å². The third-order valence-corrected chi connectivity index (χ3v) is 6.75. The number of benzene rings is 2. The molecular formula is C18H15NO3S. The molecule has 116 valence electrons. The first kappa shape index (κ1) is 14.3. The van der Waals surface area contributed by atoms with Gasteiger partial charge in [0.05, 0.1) is 21.0 Å². The van der Waals surface area contributed by atoms with E-state index in [0.717, 1.165) is 12.8 Å². The Balaban J connectivity index is 1.96. The van der Waals surface area contributed by atoms with Crippen LogP contribution in [0.25, 0.3) is 0 Å². The molecule has 0 saturated carbocycles. The standard InChI is InChI=1S/C18H15NO3S/c20-17-12-6-1-2-7-13(12)18(21)16-14(17)8-5-9-15(16)19-23(22)10-3-4-11-23/h1-2,5-9H,3-4,10-11H2. The van der Waals surface area contributed by atoms with Gasteiger partial charge in [-0.1, -0.05) is 36.4 Å². The fraction of sp³-hybridized carbons (Fsp3) is 0.222. The van der Waals surface area contributed by atoms with Gasteiger partial charge in [-0.25, -0.2) is 4.21 Å². The Kier molecular flexibility index (Phi) is 3.20. The van der Waals surface area contributed by atoms with Gasteiger partial charge in [-0.05, 0) is 18.9 Å². The van der Waals surface area contributed by atoms with E-state index in [9.17, 15) is 13.8 Å². The third-order valence-electron chi connectivity index (χ3n) is 4.37. The lowest BCUT2D eigenvalue weighted by Gasteiger charge is -2.18. The van der Waals surface area contributed by atoms with Gasteiger partial charge >= 0.3 is 0 Å². The highest BCUT2D eigenvalue weighted by atomic mass is 32.2. The first-order chi connectivity index (χ1) is 11.1. The molecule has 2 aromatic rings. The van der Waals surface area contributed by atoms with Crippen LogP contribution in [0.5, 0.6) is 0 Å². The highest BCUT2D eigenvalue weighted by Gasteiger charge is 2.31. The molecule has 5 heteroatoms. The van der Waals surface area contributed by atoms with Crippen molar-refractivity contribution in [2.75, 3.05) is 11.5 Å². The van der Waals surface area contributed by atoms with E-state index >= 15 is 0 Å². The van der Waals surface area contributed by atoms with E-state index in [-0.39, 0.29) is 11.6 Å². The topological polar surface area (TPSA) is 63.6 Å². The summed E-state index contributed by atoms with van der Waals surface area (Å²) in [6, 6.07) is 11.8. The van der Waals surface area contributed by atoms with Gasteiger partial charge in [0.25, 0.3) is 0 Å². The first-order valence-corrected chi connectivity index (χ1v) is 9.48. The summed E-state index contributed by atoms with van der Waals surface area (Å²) in [7, 11) is -2.30. The molecule has 0 amide bonds. The van der Waals surface area contributed by atoms with E-state index < -0.39 is 9.73 Å². The number of hydrogen-bond donors (Lipinski definition) is 0. The average molecular weight is 325 g/mol. The number of carbonyl (C=O) groups is 2. The molecule has 1 aliphatic carbocycles. The molecule has 2 aromatic carbocycles. The summed E-state index contributed by atoms with van der Waals surface area (Å²) in [6.07, 6.45) is 1.79. The minimum Gasteiger partial charge on any atom is -0.289 e. The lowest BCUT2D eigenvalue weighted by molar-refractivity contribution is 0.0979. The van der Waals surface area contributed by atoms with Crippen LogP contribution in [-0.4, -0.2) is 27.3 Å². The van der Waals surface area contributed by atoms with E-state index in [1.165, 1.54) is 0 Å². The van der Waals surface area contributed by atoms with Crippen LogP contribution in [0, 0.1) is 0 Å². The summed E-state index contributed by atoms with van der Waals surface area (Å²) >= 11 is 0. The highest BCUT2D eigenvalue weighted by Crippen LogP contribution is 2.34. The Morgan fingerprint density at radius 3 is 2.09 bits per heavy atom. The maximum atomic E-state index is 12.8. The van der Waals surface area contributed by atoms with Crippen molar-refractivity contribution in [3.8, 4) is 0 Å². The summed E-state index contributed by atoms with van der Waals surface area (Å²) in [5.41, 5.74) is 1.87. The minimum absolute atomic E-state index is 0.173. The average Bonchev–Trinajstić information content (AvgIpc) is 2.99. The van der Waals surface area contributed by atoms with Gasteiger partial charge in [0.2, 0.25) is 0 Å². The quantitative estimate of drug-likeness (QED) is 0.689. The number of rotatable bonds is 1. The molecule has 0 atom stereocenters. The molecule has 1 aliphatic heterocycles. The smallest absolute Gasteiger partial charge is 0.196 e. The molecule has 1 heterocycles. The molecule has 0 unspecified atom stereocenters. The second kappa shape index (κ2) is 5.13. The van der Waals surface area contributed by atoms with Crippen molar-refractivity contribution in [3.05, 3.63) is 64.7 Å². The van der Waals surface area contributed by atoms with Crippen LogP contribution < -0.4 is 0 Å². The van der Waals surface area contributed by atoms with Gasteiger partial charge in [-0.2, -0.15) is 4.36 Å². The molecular weight excluding hydrogens is 310 g/mol. The zero-order chi connectivity index (χ0) is 16.0. The lowest BCUT2D eigenvalue weighted by atomic mass is 9.83. The normalized spacial score (nSPS) is 18.4. The third kappa shape index (κ3) is 2.23. The van der Waals surface area contributed by atoms with Crippen molar-refractivity contribution in [2.45, 2.75) is 12.8 Å². The summed E-state index contributed by atoms with van der Waals surface area (Å²) < 4.78 is 17.1. The fourth-order valence-electron chi connectivity index (χ4n) is 3.23. The molecule has 0 N–H and O–H groups in total. The monoisotopic (exact) mass is 325 g/mol. The van der Waals surface area contributed by atoms with Gasteiger partial charge in [-0.15, -0.1) is 0 Å². The summed E-state index contributed by atoms with van der Waals surface area (Å²) in [5, 5.41) is 0. The SMILES string of the molecule is O=C1c2ccccc2C(=O)c2c(N=S3(=O)CCCC3)cccc21. The molecule has 4 nitrogen and oxygen atoms in total. The second-order valence-electron chi connectivity index (χ2n) is 5.88. The number of hydrogen-bond acceptors (Lipinski definition) is 4. The molecule has 2 aliphatic rings. The zero-order valence-corrected chi connectivity index (χ0v) is 13.3. The molecule has 0 spiro atoms. The number of carbonyl (C=O) groups excluding carboxylic acids is 2. The van der Waals surface area contributed by atoms with Gasteiger partial charge < -0.3 is 0 Å². The summed E-state index contributed by atoms with van der Waals surface area (Å²) in [6.45, 7) is 0. The Morgan fingerprint density at radius 2 is 1.39 bits per heavy atom. The highest BCUT2D eigenvalue weighted by molar-refractivity contribution is 7.93. The van der Waals surface area contributed by atoms with Crippen LogP contribution in [0.2, 0.25) is 0 Å². The van der Waals surface area contributed by atoms with Crippen molar-refractivity contribution in [1.29, 1.82) is 0 Å². The molecule has 0 bridgehead atoms. The van der Waals surface area contributed by atoms with Crippen LogP contribution in [-0.2, 0) is 9.73 Å². The minimum atomic E-state index is -2.30. The predicted octanol–water partition coefficient (Wildman–Crippen LogP) is 3.36. The molecule has 0 radical (unpaired) electrons. The maximum Gasteiger partial charge on any atom is 0.196 e. The number of ketones is 2. The Morgan fingerprint density at radius 1 is 0.783 bits per heavy atom. The molecule has 1 saturated heterocycles.